The van der Waals surface area contributed by atoms with Gasteiger partial charge in [-0.25, -0.2) is 0 Å². The second kappa shape index (κ2) is 8.14. The van der Waals surface area contributed by atoms with Crippen molar-refractivity contribution in [3.05, 3.63) is 11.5 Å². The molecule has 0 aromatic rings. The van der Waals surface area contributed by atoms with E-state index in [-0.39, 0.29) is 0 Å². The summed E-state index contributed by atoms with van der Waals surface area (Å²) in [6.07, 6.45) is 8.32. The van der Waals surface area contributed by atoms with Crippen LogP contribution in [0, 0.1) is 0 Å². The Kier molecular flexibility index (Phi) is 6.80. The van der Waals surface area contributed by atoms with Crippen molar-refractivity contribution in [2.75, 3.05) is 6.61 Å². The fourth-order valence-electron chi connectivity index (χ4n) is 1.97. The molecule has 4 N–H and O–H groups in total. The summed E-state index contributed by atoms with van der Waals surface area (Å²) in [5, 5.41) is 0. The highest BCUT2D eigenvalue weighted by Gasteiger charge is 2.16. The Morgan fingerprint density at radius 3 is 2.61 bits per heavy atom. The molecule has 0 aromatic carbocycles. The molecule has 0 saturated heterocycles. The van der Waals surface area contributed by atoms with Gasteiger partial charge in [0.2, 0.25) is 0 Å². The average molecular weight is 253 g/mol. The Labute approximate surface area is 110 Å². The Bertz CT molecular complexity index is 291. The Hall–Kier alpha value is -1.03. The van der Waals surface area contributed by atoms with Crippen LogP contribution in [0.3, 0.4) is 0 Å². The zero-order chi connectivity index (χ0) is 13.4. The monoisotopic (exact) mass is 253 g/mol. The number of allylic oxidation sites excluding steroid dienone is 1. The normalized spacial score (nSPS) is 26.2. The van der Waals surface area contributed by atoms with Crippen LogP contribution in [0.4, 0.5) is 0 Å². The van der Waals surface area contributed by atoms with Crippen LogP contribution in [0.2, 0.25) is 0 Å². The molecule has 0 atom stereocenters. The van der Waals surface area contributed by atoms with E-state index < -0.39 is 0 Å². The van der Waals surface area contributed by atoms with E-state index in [2.05, 4.69) is 11.9 Å². The predicted molar refractivity (Wildman–Crippen MR) is 76.5 cm³/mol. The smallest absolute Gasteiger partial charge is 0.188 e. The summed E-state index contributed by atoms with van der Waals surface area (Å²) in [5.41, 5.74) is 12.6. The maximum atomic E-state index is 5.87. The molecule has 104 valence electrons. The van der Waals surface area contributed by atoms with E-state index >= 15 is 0 Å². The van der Waals surface area contributed by atoms with Gasteiger partial charge < -0.3 is 16.2 Å². The maximum absolute atomic E-state index is 5.87. The van der Waals surface area contributed by atoms with Crippen molar-refractivity contribution >= 4 is 6.21 Å². The lowest BCUT2D eigenvalue weighted by molar-refractivity contribution is 0.203. The molecule has 1 aliphatic rings. The molecule has 1 fully saturated rings. The summed E-state index contributed by atoms with van der Waals surface area (Å²) in [4.78, 5) is 4.57. The van der Waals surface area contributed by atoms with Crippen molar-refractivity contribution in [2.24, 2.45) is 16.5 Å². The molecule has 0 heterocycles. The zero-order valence-electron chi connectivity index (χ0n) is 11.7. The van der Waals surface area contributed by atoms with E-state index in [1.165, 1.54) is 0 Å². The minimum atomic E-state index is 0.371. The number of nitrogens with two attached hydrogens (primary N) is 2. The molecule has 18 heavy (non-hydrogen) atoms. The molecular formula is C14H27N3O. The van der Waals surface area contributed by atoms with Crippen molar-refractivity contribution in [3.63, 3.8) is 0 Å². The highest BCUT2D eigenvalue weighted by Crippen LogP contribution is 2.19. The van der Waals surface area contributed by atoms with E-state index in [4.69, 9.17) is 16.2 Å². The highest BCUT2D eigenvalue weighted by atomic mass is 16.5. The first kappa shape index (κ1) is 15.0. The minimum Gasteiger partial charge on any atom is -0.479 e. The molecule has 0 unspecified atom stereocenters. The number of hydrogen-bond donors (Lipinski definition) is 2. The molecule has 0 aliphatic heterocycles. The summed E-state index contributed by atoms with van der Waals surface area (Å²) < 4.78 is 5.45. The van der Waals surface area contributed by atoms with Gasteiger partial charge in [-0.05, 0) is 39.0 Å². The van der Waals surface area contributed by atoms with Crippen molar-refractivity contribution in [1.29, 1.82) is 0 Å². The van der Waals surface area contributed by atoms with Crippen LogP contribution in [0.5, 0.6) is 0 Å². The first-order valence-corrected chi connectivity index (χ1v) is 7.01. The van der Waals surface area contributed by atoms with Gasteiger partial charge >= 0.3 is 0 Å². The van der Waals surface area contributed by atoms with E-state index in [9.17, 15) is 0 Å². The molecule has 0 bridgehead atoms. The van der Waals surface area contributed by atoms with Crippen molar-refractivity contribution in [2.45, 2.75) is 64.5 Å². The number of nitrogens with zero attached hydrogens (tertiary/aromatic N) is 1. The van der Waals surface area contributed by atoms with Crippen LogP contribution in [0.1, 0.15) is 52.4 Å². The van der Waals surface area contributed by atoms with Gasteiger partial charge in [-0.15, -0.1) is 0 Å². The molecule has 1 saturated carbocycles. The van der Waals surface area contributed by atoms with E-state index in [0.717, 1.165) is 44.1 Å². The van der Waals surface area contributed by atoms with Crippen molar-refractivity contribution < 1.29 is 4.74 Å². The van der Waals surface area contributed by atoms with Gasteiger partial charge in [0.05, 0.1) is 12.6 Å². The molecule has 0 radical (unpaired) electrons. The summed E-state index contributed by atoms with van der Waals surface area (Å²) >= 11 is 0. The average Bonchev–Trinajstić information content (AvgIpc) is 2.38. The lowest BCUT2D eigenvalue weighted by atomic mass is 9.92. The lowest BCUT2D eigenvalue weighted by Crippen LogP contribution is -2.28. The Balaban J connectivity index is 2.37. The van der Waals surface area contributed by atoms with Gasteiger partial charge in [0.15, 0.2) is 5.88 Å². The van der Waals surface area contributed by atoms with E-state index in [1.807, 2.05) is 13.1 Å². The highest BCUT2D eigenvalue weighted by molar-refractivity contribution is 5.78. The number of aliphatic imine (C=N–C) groups is 1. The van der Waals surface area contributed by atoms with Gasteiger partial charge in [-0.3, -0.25) is 4.99 Å². The molecule has 0 spiro atoms. The van der Waals surface area contributed by atoms with Gasteiger partial charge in [0, 0.05) is 17.8 Å². The summed E-state index contributed by atoms with van der Waals surface area (Å²) in [6, 6.07) is 0.777. The van der Waals surface area contributed by atoms with E-state index in [1.54, 1.807) is 0 Å². The Morgan fingerprint density at radius 1 is 1.33 bits per heavy atom. The number of hydrogen-bond acceptors (Lipinski definition) is 4. The second-order valence-corrected chi connectivity index (χ2v) is 5.10. The number of rotatable bonds is 6. The fraction of sp³-hybridized carbons (Fsp3) is 0.786. The van der Waals surface area contributed by atoms with Gasteiger partial charge in [-0.1, -0.05) is 13.3 Å². The molecule has 0 amide bonds. The zero-order valence-corrected chi connectivity index (χ0v) is 11.7. The summed E-state index contributed by atoms with van der Waals surface area (Å²) in [7, 11) is 0. The third-order valence-corrected chi connectivity index (χ3v) is 3.36. The third kappa shape index (κ3) is 5.54. The maximum Gasteiger partial charge on any atom is 0.188 e. The van der Waals surface area contributed by atoms with Crippen LogP contribution in [-0.4, -0.2) is 24.9 Å². The second-order valence-electron chi connectivity index (χ2n) is 5.10. The van der Waals surface area contributed by atoms with Crippen LogP contribution in [0.15, 0.2) is 16.4 Å². The topological polar surface area (TPSA) is 73.6 Å². The van der Waals surface area contributed by atoms with Gasteiger partial charge in [0.1, 0.15) is 0 Å². The number of ether oxygens (including phenoxy) is 1. The molecule has 1 aliphatic carbocycles. The number of unbranched alkanes of at least 4 members (excludes halogenated alkanes) is 1. The Morgan fingerprint density at radius 2 is 2.00 bits per heavy atom. The summed E-state index contributed by atoms with van der Waals surface area (Å²) in [5.74, 6) is 0.500. The molecular weight excluding hydrogens is 226 g/mol. The first-order chi connectivity index (χ1) is 8.63. The van der Waals surface area contributed by atoms with Crippen LogP contribution >= 0.6 is 0 Å². The van der Waals surface area contributed by atoms with Crippen LogP contribution < -0.4 is 11.5 Å². The van der Waals surface area contributed by atoms with Crippen molar-refractivity contribution in [1.82, 2.24) is 0 Å². The fourth-order valence-corrected chi connectivity index (χ4v) is 1.97. The standard InChI is InChI=1S/C14H27N3O/c1-3-4-9-18-14(16)11(2)10-17-13-7-5-12(15)6-8-13/h10,12-13H,3-9,15-16H2,1-2H3. The lowest BCUT2D eigenvalue weighted by Gasteiger charge is -2.22. The van der Waals surface area contributed by atoms with Crippen LogP contribution in [0.25, 0.3) is 0 Å². The minimum absolute atomic E-state index is 0.371. The van der Waals surface area contributed by atoms with Crippen LogP contribution in [-0.2, 0) is 4.74 Å². The summed E-state index contributed by atoms with van der Waals surface area (Å²) in [6.45, 7) is 4.76. The molecule has 4 heteroatoms. The SMILES string of the molecule is CCCCOC(N)=C(C)C=NC1CCC(N)CC1. The molecule has 4 nitrogen and oxygen atoms in total. The van der Waals surface area contributed by atoms with Crippen molar-refractivity contribution in [3.8, 4) is 0 Å². The predicted octanol–water partition coefficient (Wildman–Crippen LogP) is 2.33. The molecule has 1 rings (SSSR count). The van der Waals surface area contributed by atoms with Gasteiger partial charge in [-0.2, -0.15) is 0 Å². The quantitative estimate of drug-likeness (QED) is 0.433. The largest absolute Gasteiger partial charge is 0.479 e. The van der Waals surface area contributed by atoms with Gasteiger partial charge in [0.25, 0.3) is 0 Å². The molecule has 0 aromatic heterocycles. The van der Waals surface area contributed by atoms with E-state index in [0.29, 0.717) is 24.6 Å². The first-order valence-electron chi connectivity index (χ1n) is 7.01. The third-order valence-electron chi connectivity index (χ3n) is 3.36.